The van der Waals surface area contributed by atoms with Gasteiger partial charge in [0.15, 0.2) is 0 Å². The molecule has 0 saturated heterocycles. The van der Waals surface area contributed by atoms with Crippen LogP contribution in [0, 0.1) is 5.92 Å². The molecule has 0 aliphatic carbocycles. The number of benzene rings is 1. The summed E-state index contributed by atoms with van der Waals surface area (Å²) < 4.78 is 0. The molecule has 0 bridgehead atoms. The highest BCUT2D eigenvalue weighted by Gasteiger charge is 2.09. The van der Waals surface area contributed by atoms with Crippen molar-refractivity contribution in [1.29, 1.82) is 0 Å². The number of thiazole rings is 1. The number of nitrogens with zero attached hydrogens (tertiary/aromatic N) is 1. The Morgan fingerprint density at radius 1 is 1.38 bits per heavy atom. The summed E-state index contributed by atoms with van der Waals surface area (Å²) in [6.45, 7) is 2.47. The van der Waals surface area contributed by atoms with Crippen molar-refractivity contribution in [2.45, 2.75) is 19.8 Å². The predicted octanol–water partition coefficient (Wildman–Crippen LogP) is 2.02. The second-order valence-electron chi connectivity index (χ2n) is 5.16. The molecule has 2 aromatic rings. The smallest absolute Gasteiger partial charge is 0.226 e. The van der Waals surface area contributed by atoms with Crippen molar-refractivity contribution in [1.82, 2.24) is 10.3 Å². The van der Waals surface area contributed by atoms with Crippen LogP contribution in [0.2, 0.25) is 0 Å². The average Bonchev–Trinajstić information content (AvgIpc) is 2.92. The third-order valence-corrected chi connectivity index (χ3v) is 4.00. The number of hydrogen-bond donors (Lipinski definition) is 2. The molecule has 1 unspecified atom stereocenters. The Bertz CT molecular complexity index is 569. The number of hydrogen-bond acceptors (Lipinski definition) is 4. The van der Waals surface area contributed by atoms with Crippen LogP contribution >= 0.6 is 11.3 Å². The number of carbonyl (C=O) groups excluding carboxylic acids is 1. The van der Waals surface area contributed by atoms with Gasteiger partial charge in [0, 0.05) is 25.0 Å². The van der Waals surface area contributed by atoms with Crippen molar-refractivity contribution in [3.8, 4) is 0 Å². The molecule has 2 rings (SSSR count). The van der Waals surface area contributed by atoms with Gasteiger partial charge in [0.2, 0.25) is 5.91 Å². The summed E-state index contributed by atoms with van der Waals surface area (Å²) in [5.41, 5.74) is 2.03. The minimum atomic E-state index is -0.0492. The zero-order chi connectivity index (χ0) is 15.1. The van der Waals surface area contributed by atoms with Crippen molar-refractivity contribution in [3.05, 3.63) is 52.0 Å². The fourth-order valence-corrected chi connectivity index (χ4v) is 2.69. The van der Waals surface area contributed by atoms with E-state index in [0.29, 0.717) is 13.0 Å². The summed E-state index contributed by atoms with van der Waals surface area (Å²) in [7, 11) is 0. The highest BCUT2D eigenvalue weighted by atomic mass is 32.1. The molecule has 21 heavy (non-hydrogen) atoms. The normalized spacial score (nSPS) is 12.1. The molecule has 0 aliphatic heterocycles. The van der Waals surface area contributed by atoms with Crippen LogP contribution in [-0.4, -0.2) is 29.1 Å². The van der Waals surface area contributed by atoms with Crippen LogP contribution in [0.25, 0.3) is 0 Å². The number of carbonyl (C=O) groups is 1. The third-order valence-electron chi connectivity index (χ3n) is 3.10. The van der Waals surface area contributed by atoms with Gasteiger partial charge in [-0.3, -0.25) is 4.79 Å². The van der Waals surface area contributed by atoms with E-state index in [2.05, 4.69) is 22.4 Å². The number of rotatable bonds is 7. The molecule has 1 aromatic carbocycles. The van der Waals surface area contributed by atoms with E-state index in [4.69, 9.17) is 5.11 Å². The van der Waals surface area contributed by atoms with Gasteiger partial charge in [-0.2, -0.15) is 0 Å². The summed E-state index contributed by atoms with van der Waals surface area (Å²) in [4.78, 5) is 16.3. The lowest BCUT2D eigenvalue weighted by Crippen LogP contribution is -2.30. The number of amides is 1. The maximum Gasteiger partial charge on any atom is 0.226 e. The number of aliphatic hydroxyl groups excluding tert-OH is 1. The highest BCUT2D eigenvalue weighted by molar-refractivity contribution is 7.09. The molecule has 0 saturated carbocycles. The number of aliphatic hydroxyl groups is 1. The van der Waals surface area contributed by atoms with Crippen LogP contribution in [-0.2, 0) is 17.6 Å². The summed E-state index contributed by atoms with van der Waals surface area (Å²) in [6.07, 6.45) is 1.10. The van der Waals surface area contributed by atoms with Gasteiger partial charge in [-0.1, -0.05) is 37.3 Å². The molecule has 2 N–H and O–H groups in total. The van der Waals surface area contributed by atoms with E-state index in [1.807, 2.05) is 30.5 Å². The summed E-state index contributed by atoms with van der Waals surface area (Å²) in [5.74, 6) is 0.0323. The molecule has 112 valence electrons. The minimum absolute atomic E-state index is 0.0492. The van der Waals surface area contributed by atoms with Crippen LogP contribution in [0.15, 0.2) is 35.7 Å². The Balaban J connectivity index is 1.84. The van der Waals surface area contributed by atoms with Crippen molar-refractivity contribution < 1.29 is 9.90 Å². The van der Waals surface area contributed by atoms with Crippen LogP contribution in [0.1, 0.15) is 23.2 Å². The van der Waals surface area contributed by atoms with Gasteiger partial charge in [0.25, 0.3) is 0 Å². The lowest BCUT2D eigenvalue weighted by Gasteiger charge is -2.08. The van der Waals surface area contributed by atoms with Gasteiger partial charge in [0.1, 0.15) is 0 Å². The zero-order valence-corrected chi connectivity index (χ0v) is 12.9. The first-order valence-electron chi connectivity index (χ1n) is 7.02. The van der Waals surface area contributed by atoms with E-state index >= 15 is 0 Å². The molecular formula is C16H20N2O2S. The van der Waals surface area contributed by atoms with Gasteiger partial charge in [-0.25, -0.2) is 4.98 Å². The number of nitrogens with one attached hydrogen (secondary N) is 1. The molecule has 1 aromatic heterocycles. The summed E-state index contributed by atoms with van der Waals surface area (Å²) >= 11 is 1.58. The monoisotopic (exact) mass is 304 g/mol. The van der Waals surface area contributed by atoms with Crippen LogP contribution in [0.4, 0.5) is 0 Å². The van der Waals surface area contributed by atoms with E-state index in [1.165, 1.54) is 5.56 Å². The van der Waals surface area contributed by atoms with E-state index in [9.17, 15) is 4.79 Å². The Morgan fingerprint density at radius 2 is 2.14 bits per heavy atom. The van der Waals surface area contributed by atoms with Gasteiger partial charge >= 0.3 is 0 Å². The first kappa shape index (κ1) is 15.7. The fraction of sp³-hybridized carbons (Fsp3) is 0.375. The van der Waals surface area contributed by atoms with E-state index in [1.54, 1.807) is 11.3 Å². The fourth-order valence-electron chi connectivity index (χ4n) is 1.86. The second kappa shape index (κ2) is 7.90. The topological polar surface area (TPSA) is 62.2 Å². The number of aromatic nitrogens is 1. The highest BCUT2D eigenvalue weighted by Crippen LogP contribution is 2.15. The Labute approximate surface area is 128 Å². The quantitative estimate of drug-likeness (QED) is 0.822. The maximum absolute atomic E-state index is 11.8. The van der Waals surface area contributed by atoms with Crippen molar-refractivity contribution >= 4 is 17.2 Å². The molecule has 4 nitrogen and oxygen atoms in total. The molecule has 1 heterocycles. The Morgan fingerprint density at radius 3 is 2.86 bits per heavy atom. The molecule has 0 spiro atoms. The second-order valence-corrected chi connectivity index (χ2v) is 6.11. The third kappa shape index (κ3) is 5.28. The summed E-state index contributed by atoms with van der Waals surface area (Å²) in [6, 6.07) is 10.2. The van der Waals surface area contributed by atoms with Crippen LogP contribution in [0.3, 0.4) is 0 Å². The van der Waals surface area contributed by atoms with E-state index in [0.717, 1.165) is 17.1 Å². The van der Waals surface area contributed by atoms with Gasteiger partial charge in [-0.05, 0) is 11.5 Å². The molecule has 1 atom stereocenters. The van der Waals surface area contributed by atoms with Crippen molar-refractivity contribution in [3.63, 3.8) is 0 Å². The molecule has 0 radical (unpaired) electrons. The van der Waals surface area contributed by atoms with Gasteiger partial charge < -0.3 is 10.4 Å². The van der Waals surface area contributed by atoms with Gasteiger partial charge in [0.05, 0.1) is 17.1 Å². The Kier molecular flexibility index (Phi) is 5.90. The van der Waals surface area contributed by atoms with Crippen molar-refractivity contribution in [2.24, 2.45) is 5.92 Å². The van der Waals surface area contributed by atoms with Gasteiger partial charge in [-0.15, -0.1) is 11.3 Å². The lowest BCUT2D eigenvalue weighted by molar-refractivity contribution is -0.120. The summed E-state index contributed by atoms with van der Waals surface area (Å²) in [5, 5.41) is 14.7. The standard InChI is InChI=1S/C16H20N2O2S/c1-12(10-19)9-17-15(20)8-14-11-21-16(18-14)7-13-5-3-2-4-6-13/h2-6,11-12,19H,7-10H2,1H3,(H,17,20). The van der Waals surface area contributed by atoms with Crippen LogP contribution < -0.4 is 5.32 Å². The van der Waals surface area contributed by atoms with E-state index < -0.39 is 0 Å². The molecule has 0 fully saturated rings. The maximum atomic E-state index is 11.8. The van der Waals surface area contributed by atoms with Crippen LogP contribution in [0.5, 0.6) is 0 Å². The minimum Gasteiger partial charge on any atom is -0.396 e. The Hall–Kier alpha value is -1.72. The molecule has 0 aliphatic rings. The van der Waals surface area contributed by atoms with Crippen molar-refractivity contribution in [2.75, 3.05) is 13.2 Å². The largest absolute Gasteiger partial charge is 0.396 e. The molecule has 1 amide bonds. The first-order chi connectivity index (χ1) is 10.2. The van der Waals surface area contributed by atoms with E-state index in [-0.39, 0.29) is 18.4 Å². The lowest BCUT2D eigenvalue weighted by atomic mass is 10.2. The SMILES string of the molecule is CC(CO)CNC(=O)Cc1csc(Cc2ccccc2)n1. The predicted molar refractivity (Wildman–Crippen MR) is 84.3 cm³/mol. The molecule has 5 heteroatoms. The average molecular weight is 304 g/mol. The first-order valence-corrected chi connectivity index (χ1v) is 7.90. The molecular weight excluding hydrogens is 284 g/mol. The zero-order valence-electron chi connectivity index (χ0n) is 12.1.